The normalized spacial score (nSPS) is 13.7. The lowest BCUT2D eigenvalue weighted by Crippen LogP contribution is -2.34. The van der Waals surface area contributed by atoms with Crippen molar-refractivity contribution in [2.75, 3.05) is 20.8 Å². The van der Waals surface area contributed by atoms with Gasteiger partial charge in [0.1, 0.15) is 17.1 Å². The summed E-state index contributed by atoms with van der Waals surface area (Å²) in [6.45, 7) is 6.61. The Hall–Kier alpha value is -1.98. The number of hydrogen-bond acceptors (Lipinski definition) is 5. The Bertz CT molecular complexity index is 661. The number of benzene rings is 1. The first-order valence-corrected chi connectivity index (χ1v) is 7.59. The third-order valence-corrected chi connectivity index (χ3v) is 3.90. The molecule has 2 aromatic rings. The van der Waals surface area contributed by atoms with Crippen molar-refractivity contribution >= 4 is 0 Å². The topological polar surface area (TPSA) is 63.9 Å². The van der Waals surface area contributed by atoms with Gasteiger partial charge >= 0.3 is 0 Å². The molecule has 23 heavy (non-hydrogen) atoms. The molecule has 1 unspecified atom stereocenters. The Kier molecular flexibility index (Phi) is 5.34. The lowest BCUT2D eigenvalue weighted by Gasteiger charge is -2.22. The number of nitrogens with one attached hydrogen (secondary N) is 1. The molecule has 1 aromatic carbocycles. The van der Waals surface area contributed by atoms with Crippen molar-refractivity contribution in [1.29, 1.82) is 0 Å². The van der Waals surface area contributed by atoms with Crippen LogP contribution >= 0.6 is 0 Å². The molecule has 5 heteroatoms. The zero-order valence-corrected chi connectivity index (χ0v) is 14.4. The van der Waals surface area contributed by atoms with E-state index in [-0.39, 0.29) is 0 Å². The summed E-state index contributed by atoms with van der Waals surface area (Å²) < 4.78 is 16.1. The SMILES string of the molecule is COc1cc(C)c(CNCC(C)(O)c2ccc(C)o2)cc1OC. The number of rotatable bonds is 7. The second-order valence-electron chi connectivity index (χ2n) is 5.92. The van der Waals surface area contributed by atoms with Crippen molar-refractivity contribution in [3.05, 3.63) is 46.9 Å². The molecule has 2 N–H and O–H groups in total. The van der Waals surface area contributed by atoms with E-state index >= 15 is 0 Å². The molecule has 0 bridgehead atoms. The molecule has 0 aliphatic rings. The second-order valence-corrected chi connectivity index (χ2v) is 5.92. The van der Waals surface area contributed by atoms with E-state index in [0.29, 0.717) is 30.3 Å². The first kappa shape index (κ1) is 17.4. The highest BCUT2D eigenvalue weighted by molar-refractivity contribution is 5.47. The van der Waals surface area contributed by atoms with Gasteiger partial charge in [-0.3, -0.25) is 0 Å². The minimum Gasteiger partial charge on any atom is -0.493 e. The number of aliphatic hydroxyl groups is 1. The molecule has 126 valence electrons. The standard InChI is InChI=1S/C18H25NO4/c1-12-8-15(21-4)16(22-5)9-14(12)10-19-11-18(3,20)17-7-6-13(2)23-17/h6-9,19-20H,10-11H2,1-5H3. The molecule has 0 fully saturated rings. The number of ether oxygens (including phenoxy) is 2. The van der Waals surface area contributed by atoms with Crippen molar-refractivity contribution in [1.82, 2.24) is 5.32 Å². The van der Waals surface area contributed by atoms with Crippen LogP contribution in [0.15, 0.2) is 28.7 Å². The maximum atomic E-state index is 10.5. The van der Waals surface area contributed by atoms with Gasteiger partial charge in [-0.15, -0.1) is 0 Å². The average Bonchev–Trinajstić information content (AvgIpc) is 2.95. The van der Waals surface area contributed by atoms with E-state index in [1.807, 2.05) is 32.0 Å². The van der Waals surface area contributed by atoms with Crippen LogP contribution in [0, 0.1) is 13.8 Å². The lowest BCUT2D eigenvalue weighted by molar-refractivity contribution is 0.0332. The molecule has 0 aliphatic heterocycles. The van der Waals surface area contributed by atoms with Gasteiger partial charge in [-0.1, -0.05) is 0 Å². The Morgan fingerprint density at radius 3 is 2.35 bits per heavy atom. The van der Waals surface area contributed by atoms with Crippen LogP contribution in [0.2, 0.25) is 0 Å². The minimum atomic E-state index is -1.06. The maximum Gasteiger partial charge on any atom is 0.161 e. The molecular formula is C18H25NO4. The molecule has 0 saturated heterocycles. The highest BCUT2D eigenvalue weighted by Gasteiger charge is 2.26. The molecule has 2 rings (SSSR count). The predicted molar refractivity (Wildman–Crippen MR) is 89.0 cm³/mol. The fraction of sp³-hybridized carbons (Fsp3) is 0.444. The molecule has 5 nitrogen and oxygen atoms in total. The van der Waals surface area contributed by atoms with Gasteiger partial charge in [0.2, 0.25) is 0 Å². The summed E-state index contributed by atoms with van der Waals surface area (Å²) in [5.41, 5.74) is 1.14. The van der Waals surface area contributed by atoms with E-state index in [9.17, 15) is 5.11 Å². The number of hydrogen-bond donors (Lipinski definition) is 2. The number of methoxy groups -OCH3 is 2. The van der Waals surface area contributed by atoms with E-state index in [1.165, 1.54) is 0 Å². The summed E-state index contributed by atoms with van der Waals surface area (Å²) in [5.74, 6) is 2.76. The van der Waals surface area contributed by atoms with Gasteiger partial charge in [-0.25, -0.2) is 0 Å². The Morgan fingerprint density at radius 2 is 1.78 bits per heavy atom. The zero-order chi connectivity index (χ0) is 17.0. The van der Waals surface area contributed by atoms with E-state index in [4.69, 9.17) is 13.9 Å². The van der Waals surface area contributed by atoms with Crippen molar-refractivity contribution in [3.8, 4) is 11.5 Å². The van der Waals surface area contributed by atoms with Crippen LogP contribution in [-0.2, 0) is 12.1 Å². The van der Waals surface area contributed by atoms with Gasteiger partial charge in [0.25, 0.3) is 0 Å². The quantitative estimate of drug-likeness (QED) is 0.821. The summed E-state index contributed by atoms with van der Waals surface area (Å²) in [5, 5.41) is 13.8. The summed E-state index contributed by atoms with van der Waals surface area (Å²) >= 11 is 0. The Morgan fingerprint density at radius 1 is 1.13 bits per heavy atom. The molecule has 0 spiro atoms. The van der Waals surface area contributed by atoms with Gasteiger partial charge < -0.3 is 24.3 Å². The molecule has 1 heterocycles. The smallest absolute Gasteiger partial charge is 0.161 e. The first-order valence-electron chi connectivity index (χ1n) is 7.59. The molecule has 0 saturated carbocycles. The molecule has 0 aliphatic carbocycles. The van der Waals surface area contributed by atoms with Gasteiger partial charge in [0, 0.05) is 13.1 Å². The molecular weight excluding hydrogens is 294 g/mol. The van der Waals surface area contributed by atoms with Crippen molar-refractivity contribution < 1.29 is 19.0 Å². The van der Waals surface area contributed by atoms with Crippen molar-refractivity contribution in [3.63, 3.8) is 0 Å². The average molecular weight is 319 g/mol. The second kappa shape index (κ2) is 7.06. The number of aryl methyl sites for hydroxylation is 2. The van der Waals surface area contributed by atoms with E-state index in [1.54, 1.807) is 27.2 Å². The maximum absolute atomic E-state index is 10.5. The Labute approximate surface area is 137 Å². The molecule has 1 aromatic heterocycles. The van der Waals surface area contributed by atoms with Gasteiger partial charge in [-0.05, 0) is 56.2 Å². The molecule has 0 radical (unpaired) electrons. The third kappa shape index (κ3) is 4.06. The fourth-order valence-electron chi connectivity index (χ4n) is 2.46. The van der Waals surface area contributed by atoms with Crippen molar-refractivity contribution in [2.45, 2.75) is 32.9 Å². The molecule has 1 atom stereocenters. The summed E-state index contributed by atoms with van der Waals surface area (Å²) in [6.07, 6.45) is 0. The predicted octanol–water partition coefficient (Wildman–Crippen LogP) is 2.91. The van der Waals surface area contributed by atoms with Crippen LogP contribution in [-0.4, -0.2) is 25.9 Å². The van der Waals surface area contributed by atoms with Crippen molar-refractivity contribution in [2.24, 2.45) is 0 Å². The summed E-state index contributed by atoms with van der Waals surface area (Å²) in [6, 6.07) is 7.55. The van der Waals surface area contributed by atoms with E-state index < -0.39 is 5.60 Å². The highest BCUT2D eigenvalue weighted by Crippen LogP contribution is 2.30. The summed E-state index contributed by atoms with van der Waals surface area (Å²) in [7, 11) is 3.24. The monoisotopic (exact) mass is 319 g/mol. The Balaban J connectivity index is 2.03. The molecule has 0 amide bonds. The van der Waals surface area contributed by atoms with Crippen LogP contribution in [0.4, 0.5) is 0 Å². The van der Waals surface area contributed by atoms with Crippen LogP contribution in [0.5, 0.6) is 11.5 Å². The lowest BCUT2D eigenvalue weighted by atomic mass is 10.0. The minimum absolute atomic E-state index is 0.383. The zero-order valence-electron chi connectivity index (χ0n) is 14.4. The first-order chi connectivity index (χ1) is 10.9. The van der Waals surface area contributed by atoms with E-state index in [2.05, 4.69) is 5.32 Å². The number of furan rings is 1. The van der Waals surface area contributed by atoms with Crippen LogP contribution in [0.25, 0.3) is 0 Å². The highest BCUT2D eigenvalue weighted by atomic mass is 16.5. The van der Waals surface area contributed by atoms with Crippen LogP contribution in [0.3, 0.4) is 0 Å². The fourth-order valence-corrected chi connectivity index (χ4v) is 2.46. The van der Waals surface area contributed by atoms with Gasteiger partial charge in [0.05, 0.1) is 14.2 Å². The largest absolute Gasteiger partial charge is 0.493 e. The van der Waals surface area contributed by atoms with Gasteiger partial charge in [0.15, 0.2) is 11.5 Å². The van der Waals surface area contributed by atoms with Crippen LogP contribution in [0.1, 0.15) is 29.6 Å². The summed E-state index contributed by atoms with van der Waals surface area (Å²) in [4.78, 5) is 0. The van der Waals surface area contributed by atoms with Crippen LogP contribution < -0.4 is 14.8 Å². The van der Waals surface area contributed by atoms with E-state index in [0.717, 1.165) is 16.9 Å². The van der Waals surface area contributed by atoms with Gasteiger partial charge in [-0.2, -0.15) is 0 Å². The third-order valence-electron chi connectivity index (χ3n) is 3.90.